The van der Waals surface area contributed by atoms with Crippen LogP contribution in [0.15, 0.2) is 5.38 Å². The number of fused-ring (bicyclic) bond motifs is 1. The molecule has 0 atom stereocenters. The molecule has 3 aromatic heterocycles. The number of aromatic nitrogens is 5. The number of thiazole rings is 1. The summed E-state index contributed by atoms with van der Waals surface area (Å²) in [6.07, 6.45) is 0.891. The Balaban J connectivity index is 2.15. The van der Waals surface area contributed by atoms with Gasteiger partial charge in [0, 0.05) is 12.4 Å². The predicted octanol–water partition coefficient (Wildman–Crippen LogP) is 2.81. The highest BCUT2D eigenvalue weighted by Crippen LogP contribution is 2.20. The first-order valence-electron chi connectivity index (χ1n) is 6.15. The SMILES string of the molecule is CCc1nn(C)c2c1[nH]c(=S)n2Cc1csc(C)n1. The van der Waals surface area contributed by atoms with Gasteiger partial charge in [-0.15, -0.1) is 11.3 Å². The van der Waals surface area contributed by atoms with Crippen molar-refractivity contribution in [3.63, 3.8) is 0 Å². The van der Waals surface area contributed by atoms with Crippen LogP contribution < -0.4 is 0 Å². The summed E-state index contributed by atoms with van der Waals surface area (Å²) in [5, 5.41) is 7.67. The highest BCUT2D eigenvalue weighted by molar-refractivity contribution is 7.71. The number of nitrogens with zero attached hydrogens (tertiary/aromatic N) is 4. The second-order valence-corrected chi connectivity index (χ2v) is 5.95. The third-order valence-corrected chi connectivity index (χ3v) is 4.29. The van der Waals surface area contributed by atoms with Crippen LogP contribution in [0.4, 0.5) is 0 Å². The molecule has 0 bridgehead atoms. The Bertz CT molecular complexity index is 789. The van der Waals surface area contributed by atoms with Gasteiger partial charge in [0.1, 0.15) is 5.52 Å². The van der Waals surface area contributed by atoms with Gasteiger partial charge in [-0.2, -0.15) is 5.10 Å². The molecular weight excluding hydrogens is 278 g/mol. The van der Waals surface area contributed by atoms with Gasteiger partial charge in [0.15, 0.2) is 10.4 Å². The molecule has 0 aliphatic heterocycles. The summed E-state index contributed by atoms with van der Waals surface area (Å²) in [5.74, 6) is 0. The van der Waals surface area contributed by atoms with Gasteiger partial charge in [-0.05, 0) is 25.6 Å². The average Bonchev–Trinajstić information content (AvgIpc) is 3.00. The van der Waals surface area contributed by atoms with Crippen LogP contribution in [0.25, 0.3) is 11.2 Å². The van der Waals surface area contributed by atoms with E-state index in [9.17, 15) is 0 Å². The molecule has 0 aliphatic carbocycles. The van der Waals surface area contributed by atoms with Crippen molar-refractivity contribution in [1.82, 2.24) is 24.3 Å². The van der Waals surface area contributed by atoms with Crippen molar-refractivity contribution in [3.05, 3.63) is 26.5 Å². The zero-order chi connectivity index (χ0) is 13.6. The fraction of sp³-hybridized carbons (Fsp3) is 0.417. The molecule has 0 aliphatic rings. The van der Waals surface area contributed by atoms with Gasteiger partial charge in [-0.25, -0.2) is 4.98 Å². The fourth-order valence-corrected chi connectivity index (χ4v) is 3.17. The van der Waals surface area contributed by atoms with E-state index in [4.69, 9.17) is 12.2 Å². The van der Waals surface area contributed by atoms with E-state index < -0.39 is 0 Å². The van der Waals surface area contributed by atoms with Crippen molar-refractivity contribution in [1.29, 1.82) is 0 Å². The zero-order valence-corrected chi connectivity index (χ0v) is 12.7. The smallest absolute Gasteiger partial charge is 0.179 e. The van der Waals surface area contributed by atoms with Crippen LogP contribution in [0.1, 0.15) is 23.3 Å². The highest BCUT2D eigenvalue weighted by Gasteiger charge is 2.14. The van der Waals surface area contributed by atoms with Crippen LogP contribution in [0.5, 0.6) is 0 Å². The summed E-state index contributed by atoms with van der Waals surface area (Å²) in [6, 6.07) is 0. The first kappa shape index (κ1) is 12.6. The van der Waals surface area contributed by atoms with Crippen LogP contribution >= 0.6 is 23.6 Å². The minimum absolute atomic E-state index is 0.686. The molecule has 3 heterocycles. The lowest BCUT2D eigenvalue weighted by molar-refractivity contribution is 0.703. The van der Waals surface area contributed by atoms with Gasteiger partial charge in [0.2, 0.25) is 0 Å². The van der Waals surface area contributed by atoms with Gasteiger partial charge in [-0.3, -0.25) is 9.25 Å². The molecule has 5 nitrogen and oxygen atoms in total. The summed E-state index contributed by atoms with van der Waals surface area (Å²) in [4.78, 5) is 7.76. The molecule has 3 aromatic rings. The molecule has 100 valence electrons. The lowest BCUT2D eigenvalue weighted by atomic mass is 10.3. The van der Waals surface area contributed by atoms with Crippen LogP contribution in [-0.4, -0.2) is 24.3 Å². The minimum Gasteiger partial charge on any atom is -0.328 e. The Kier molecular flexibility index (Phi) is 3.02. The van der Waals surface area contributed by atoms with E-state index >= 15 is 0 Å². The molecule has 0 amide bonds. The summed E-state index contributed by atoms with van der Waals surface area (Å²) < 4.78 is 4.67. The molecule has 0 unspecified atom stereocenters. The molecule has 19 heavy (non-hydrogen) atoms. The van der Waals surface area contributed by atoms with Gasteiger partial charge in [0.25, 0.3) is 0 Å². The van der Waals surface area contributed by atoms with E-state index in [-0.39, 0.29) is 0 Å². The molecule has 0 spiro atoms. The summed E-state index contributed by atoms with van der Waals surface area (Å²) in [6.45, 7) is 4.80. The van der Waals surface area contributed by atoms with Crippen molar-refractivity contribution < 1.29 is 0 Å². The fourth-order valence-electron chi connectivity index (χ4n) is 2.31. The maximum absolute atomic E-state index is 5.42. The van der Waals surface area contributed by atoms with Crippen LogP contribution in [-0.2, 0) is 20.0 Å². The molecule has 1 N–H and O–H groups in total. The first-order chi connectivity index (χ1) is 9.10. The Morgan fingerprint density at radius 1 is 1.47 bits per heavy atom. The lowest BCUT2D eigenvalue weighted by Crippen LogP contribution is -2.04. The second-order valence-electron chi connectivity index (χ2n) is 4.50. The monoisotopic (exact) mass is 293 g/mol. The van der Waals surface area contributed by atoms with Crippen molar-refractivity contribution in [2.24, 2.45) is 7.05 Å². The second kappa shape index (κ2) is 4.57. The number of H-pyrrole nitrogens is 1. The molecule has 0 aromatic carbocycles. The Labute approximate surface area is 119 Å². The van der Waals surface area contributed by atoms with Crippen molar-refractivity contribution >= 4 is 34.7 Å². The Morgan fingerprint density at radius 3 is 2.89 bits per heavy atom. The van der Waals surface area contributed by atoms with E-state index in [2.05, 4.69) is 31.9 Å². The van der Waals surface area contributed by atoms with Gasteiger partial charge >= 0.3 is 0 Å². The Morgan fingerprint density at radius 2 is 2.26 bits per heavy atom. The van der Waals surface area contributed by atoms with E-state index in [1.807, 2.05) is 18.7 Å². The normalized spacial score (nSPS) is 11.5. The lowest BCUT2D eigenvalue weighted by Gasteiger charge is -2.02. The molecule has 0 fully saturated rings. The quantitative estimate of drug-likeness (QED) is 0.756. The zero-order valence-electron chi connectivity index (χ0n) is 11.1. The van der Waals surface area contributed by atoms with Gasteiger partial charge in [0.05, 0.1) is 22.9 Å². The summed E-state index contributed by atoms with van der Waals surface area (Å²) in [5.41, 5.74) is 4.17. The number of aryl methyl sites for hydroxylation is 3. The summed E-state index contributed by atoms with van der Waals surface area (Å²) >= 11 is 7.08. The number of rotatable bonds is 3. The molecule has 3 rings (SSSR count). The number of hydrogen-bond donors (Lipinski definition) is 1. The number of hydrogen-bond acceptors (Lipinski definition) is 4. The van der Waals surface area contributed by atoms with Crippen molar-refractivity contribution in [3.8, 4) is 0 Å². The summed E-state index contributed by atoms with van der Waals surface area (Å²) in [7, 11) is 1.95. The maximum atomic E-state index is 5.42. The van der Waals surface area contributed by atoms with Crippen LogP contribution in [0.2, 0.25) is 0 Å². The molecule has 0 radical (unpaired) electrons. The third kappa shape index (κ3) is 2.02. The van der Waals surface area contributed by atoms with E-state index in [0.29, 0.717) is 6.54 Å². The van der Waals surface area contributed by atoms with Crippen LogP contribution in [0.3, 0.4) is 0 Å². The predicted molar refractivity (Wildman–Crippen MR) is 79.2 cm³/mol. The largest absolute Gasteiger partial charge is 0.328 e. The van der Waals surface area contributed by atoms with E-state index in [0.717, 1.165) is 38.8 Å². The number of aromatic amines is 1. The number of imidazole rings is 1. The highest BCUT2D eigenvalue weighted by atomic mass is 32.1. The van der Waals surface area contributed by atoms with Gasteiger partial charge in [-0.1, -0.05) is 6.92 Å². The van der Waals surface area contributed by atoms with Gasteiger partial charge < -0.3 is 4.98 Å². The van der Waals surface area contributed by atoms with Crippen molar-refractivity contribution in [2.75, 3.05) is 0 Å². The maximum Gasteiger partial charge on any atom is 0.179 e. The standard InChI is InChI=1S/C12H15N5S2/c1-4-9-10-11(16(3)15-9)17(12(18)14-10)5-8-6-19-7(2)13-8/h6H,4-5H2,1-3H3,(H,14,18). The molecular formula is C12H15N5S2. The van der Waals surface area contributed by atoms with E-state index in [1.165, 1.54) is 0 Å². The van der Waals surface area contributed by atoms with E-state index in [1.54, 1.807) is 11.3 Å². The topological polar surface area (TPSA) is 51.4 Å². The number of nitrogens with one attached hydrogen (secondary N) is 1. The molecule has 0 saturated carbocycles. The third-order valence-electron chi connectivity index (χ3n) is 3.14. The van der Waals surface area contributed by atoms with Crippen molar-refractivity contribution in [2.45, 2.75) is 26.8 Å². The van der Waals surface area contributed by atoms with Crippen LogP contribution in [0, 0.1) is 11.7 Å². The molecule has 7 heteroatoms. The minimum atomic E-state index is 0.686. The average molecular weight is 293 g/mol. The first-order valence-corrected chi connectivity index (χ1v) is 7.44. The Hall–Kier alpha value is -1.47. The molecule has 0 saturated heterocycles.